The van der Waals surface area contributed by atoms with Crippen molar-refractivity contribution in [1.29, 1.82) is 0 Å². The van der Waals surface area contributed by atoms with Gasteiger partial charge in [0, 0.05) is 25.7 Å². The van der Waals surface area contributed by atoms with Crippen molar-refractivity contribution in [3.63, 3.8) is 0 Å². The highest BCUT2D eigenvalue weighted by molar-refractivity contribution is 5.85. The topological polar surface area (TPSA) is 55.6 Å². The molecule has 1 amide bonds. The molecule has 4 nitrogen and oxygen atoms in total. The zero-order chi connectivity index (χ0) is 11.5. The van der Waals surface area contributed by atoms with Crippen molar-refractivity contribution in [3.8, 4) is 0 Å². The number of piperidine rings is 1. The maximum absolute atomic E-state index is 12.2. The van der Waals surface area contributed by atoms with Crippen molar-refractivity contribution in [2.45, 2.75) is 44.8 Å². The van der Waals surface area contributed by atoms with Gasteiger partial charge in [-0.05, 0) is 31.6 Å². The summed E-state index contributed by atoms with van der Waals surface area (Å²) in [6.07, 6.45) is 3.82. The third-order valence-electron chi connectivity index (χ3n) is 3.74. The van der Waals surface area contributed by atoms with Crippen LogP contribution < -0.4 is 5.73 Å². The first-order chi connectivity index (χ1) is 7.72. The lowest BCUT2D eigenvalue weighted by atomic mass is 9.92. The van der Waals surface area contributed by atoms with E-state index >= 15 is 0 Å². The van der Waals surface area contributed by atoms with Gasteiger partial charge in [-0.1, -0.05) is 6.92 Å². The van der Waals surface area contributed by atoms with E-state index in [1.54, 1.807) is 0 Å². The smallest absolute Gasteiger partial charge is 0.251 e. The predicted molar refractivity (Wildman–Crippen MR) is 69.2 cm³/mol. The Morgan fingerprint density at radius 3 is 2.82 bits per heavy atom. The summed E-state index contributed by atoms with van der Waals surface area (Å²) in [5.41, 5.74) is 5.76. The van der Waals surface area contributed by atoms with E-state index in [-0.39, 0.29) is 30.5 Å². The van der Waals surface area contributed by atoms with Gasteiger partial charge in [-0.15, -0.1) is 12.4 Å². The lowest BCUT2D eigenvalue weighted by Crippen LogP contribution is -2.52. The molecule has 2 rings (SSSR count). The van der Waals surface area contributed by atoms with Crippen LogP contribution in [0.4, 0.5) is 0 Å². The minimum absolute atomic E-state index is 0. The Hall–Kier alpha value is -0.320. The number of rotatable bonds is 2. The number of nitrogens with zero attached hydrogens (tertiary/aromatic N) is 1. The number of nitrogens with two attached hydrogens (primary N) is 1. The molecule has 0 bridgehead atoms. The molecule has 0 spiro atoms. The maximum atomic E-state index is 12.2. The molecule has 0 aromatic carbocycles. The van der Waals surface area contributed by atoms with Crippen LogP contribution in [0.1, 0.15) is 32.6 Å². The van der Waals surface area contributed by atoms with E-state index in [9.17, 15) is 4.79 Å². The summed E-state index contributed by atoms with van der Waals surface area (Å²) < 4.78 is 5.46. The van der Waals surface area contributed by atoms with E-state index in [1.807, 2.05) is 4.90 Å². The van der Waals surface area contributed by atoms with Gasteiger partial charge in [0.25, 0.3) is 5.91 Å². The van der Waals surface area contributed by atoms with Gasteiger partial charge >= 0.3 is 0 Å². The molecule has 2 aliphatic heterocycles. The van der Waals surface area contributed by atoms with E-state index in [0.29, 0.717) is 12.5 Å². The molecule has 5 heteroatoms. The number of carbonyl (C=O) groups is 1. The van der Waals surface area contributed by atoms with Crippen molar-refractivity contribution in [2.24, 2.45) is 11.7 Å². The fourth-order valence-electron chi connectivity index (χ4n) is 2.72. The molecule has 2 fully saturated rings. The standard InChI is InChI=1S/C12H22N2O2.ClH/c1-9-4-5-14(10(7-9)8-13)12(15)11-3-2-6-16-11;/h9-11H,2-8,13H2,1H3;1H/t9?,10?,11-;/m0./s1. The molecule has 2 saturated heterocycles. The Morgan fingerprint density at radius 1 is 1.47 bits per heavy atom. The fraction of sp³-hybridized carbons (Fsp3) is 0.917. The summed E-state index contributed by atoms with van der Waals surface area (Å²) in [6.45, 7) is 4.38. The zero-order valence-electron chi connectivity index (χ0n) is 10.4. The fourth-order valence-corrected chi connectivity index (χ4v) is 2.72. The lowest BCUT2D eigenvalue weighted by molar-refractivity contribution is -0.145. The van der Waals surface area contributed by atoms with Gasteiger partial charge in [-0.25, -0.2) is 0 Å². The average molecular weight is 263 g/mol. The average Bonchev–Trinajstić information content (AvgIpc) is 2.81. The summed E-state index contributed by atoms with van der Waals surface area (Å²) >= 11 is 0. The van der Waals surface area contributed by atoms with Crippen LogP contribution in [0.3, 0.4) is 0 Å². The monoisotopic (exact) mass is 262 g/mol. The quantitative estimate of drug-likeness (QED) is 0.813. The minimum atomic E-state index is -0.192. The molecule has 2 N–H and O–H groups in total. The first-order valence-corrected chi connectivity index (χ1v) is 6.34. The van der Waals surface area contributed by atoms with Gasteiger partial charge in [0.1, 0.15) is 6.10 Å². The Kier molecular flexibility index (Phi) is 5.70. The predicted octanol–water partition coefficient (Wildman–Crippen LogP) is 1.17. The first-order valence-electron chi connectivity index (χ1n) is 6.34. The molecule has 0 radical (unpaired) electrons. The van der Waals surface area contributed by atoms with Crippen LogP contribution in [0.15, 0.2) is 0 Å². The molecule has 3 atom stereocenters. The van der Waals surface area contributed by atoms with Gasteiger partial charge in [-0.3, -0.25) is 4.79 Å². The summed E-state index contributed by atoms with van der Waals surface area (Å²) in [7, 11) is 0. The van der Waals surface area contributed by atoms with Crippen LogP contribution in [0, 0.1) is 5.92 Å². The van der Waals surface area contributed by atoms with Crippen molar-refractivity contribution in [3.05, 3.63) is 0 Å². The molecule has 100 valence electrons. The molecule has 2 unspecified atom stereocenters. The number of amides is 1. The summed E-state index contributed by atoms with van der Waals surface area (Å²) in [6, 6.07) is 0.223. The largest absolute Gasteiger partial charge is 0.368 e. The Balaban J connectivity index is 0.00000144. The van der Waals surface area contributed by atoms with Gasteiger partial charge in [-0.2, -0.15) is 0 Å². The van der Waals surface area contributed by atoms with Crippen LogP contribution in [-0.2, 0) is 9.53 Å². The van der Waals surface area contributed by atoms with Crippen LogP contribution in [0.25, 0.3) is 0 Å². The third-order valence-corrected chi connectivity index (χ3v) is 3.74. The second-order valence-electron chi connectivity index (χ2n) is 5.05. The minimum Gasteiger partial charge on any atom is -0.368 e. The highest BCUT2D eigenvalue weighted by atomic mass is 35.5. The maximum Gasteiger partial charge on any atom is 0.251 e. The highest BCUT2D eigenvalue weighted by Crippen LogP contribution is 2.24. The van der Waals surface area contributed by atoms with E-state index in [0.717, 1.165) is 38.8 Å². The van der Waals surface area contributed by atoms with Crippen LogP contribution in [-0.4, -0.2) is 42.6 Å². The summed E-state index contributed by atoms with van der Waals surface area (Å²) in [5.74, 6) is 0.849. The van der Waals surface area contributed by atoms with Crippen LogP contribution in [0.5, 0.6) is 0 Å². The van der Waals surface area contributed by atoms with Crippen LogP contribution >= 0.6 is 12.4 Å². The molecule has 0 saturated carbocycles. The van der Waals surface area contributed by atoms with E-state index in [1.165, 1.54) is 0 Å². The molecule has 2 heterocycles. The molecule has 17 heavy (non-hydrogen) atoms. The molecular formula is C12H23ClN2O2. The Morgan fingerprint density at radius 2 is 2.24 bits per heavy atom. The van der Waals surface area contributed by atoms with Crippen molar-refractivity contribution >= 4 is 18.3 Å². The number of ether oxygens (including phenoxy) is 1. The number of hydrogen-bond donors (Lipinski definition) is 1. The normalized spacial score (nSPS) is 33.3. The Bertz CT molecular complexity index is 257. The molecule has 0 aromatic rings. The molecular weight excluding hydrogens is 240 g/mol. The van der Waals surface area contributed by atoms with Crippen molar-refractivity contribution in [2.75, 3.05) is 19.7 Å². The van der Waals surface area contributed by atoms with Gasteiger partial charge < -0.3 is 15.4 Å². The SMILES string of the molecule is CC1CCN(C(=O)[C@@H]2CCCO2)C(CN)C1.Cl. The van der Waals surface area contributed by atoms with E-state index < -0.39 is 0 Å². The van der Waals surface area contributed by atoms with E-state index in [2.05, 4.69) is 6.92 Å². The lowest BCUT2D eigenvalue weighted by Gasteiger charge is -2.39. The highest BCUT2D eigenvalue weighted by Gasteiger charge is 2.34. The summed E-state index contributed by atoms with van der Waals surface area (Å²) in [5, 5.41) is 0. The van der Waals surface area contributed by atoms with Gasteiger partial charge in [0.2, 0.25) is 0 Å². The number of halogens is 1. The van der Waals surface area contributed by atoms with Crippen LogP contribution in [0.2, 0.25) is 0 Å². The number of likely N-dealkylation sites (tertiary alicyclic amines) is 1. The van der Waals surface area contributed by atoms with E-state index in [4.69, 9.17) is 10.5 Å². The summed E-state index contributed by atoms with van der Waals surface area (Å²) in [4.78, 5) is 14.2. The van der Waals surface area contributed by atoms with Crippen molar-refractivity contribution in [1.82, 2.24) is 4.90 Å². The van der Waals surface area contributed by atoms with Crippen molar-refractivity contribution < 1.29 is 9.53 Å². The first kappa shape index (κ1) is 14.7. The van der Waals surface area contributed by atoms with Gasteiger partial charge in [0.05, 0.1) is 0 Å². The number of carbonyl (C=O) groups excluding carboxylic acids is 1. The number of hydrogen-bond acceptors (Lipinski definition) is 3. The zero-order valence-corrected chi connectivity index (χ0v) is 11.2. The third kappa shape index (κ3) is 3.33. The second kappa shape index (κ2) is 6.57. The Labute approximate surface area is 109 Å². The van der Waals surface area contributed by atoms with Gasteiger partial charge in [0.15, 0.2) is 0 Å². The molecule has 0 aromatic heterocycles. The second-order valence-corrected chi connectivity index (χ2v) is 5.05. The molecule has 2 aliphatic rings. The molecule has 0 aliphatic carbocycles.